The Morgan fingerprint density at radius 2 is 1.62 bits per heavy atom. The van der Waals surface area contributed by atoms with Crippen LogP contribution in [0, 0.1) is 11.6 Å². The number of piperazine rings is 1. The predicted molar refractivity (Wildman–Crippen MR) is 87.9 cm³/mol. The Morgan fingerprint density at radius 3 is 2.38 bits per heavy atom. The van der Waals surface area contributed by atoms with Crippen LogP contribution in [-0.2, 0) is 19.4 Å². The van der Waals surface area contributed by atoms with Crippen molar-refractivity contribution in [2.45, 2.75) is 25.8 Å². The average molecular weight is 330 g/mol. The summed E-state index contributed by atoms with van der Waals surface area (Å²) in [6.45, 7) is 3.96. The number of benzene rings is 1. The van der Waals surface area contributed by atoms with Gasteiger partial charge < -0.3 is 4.90 Å². The van der Waals surface area contributed by atoms with Crippen LogP contribution in [0.3, 0.4) is 0 Å². The first-order valence-corrected chi connectivity index (χ1v) is 8.45. The summed E-state index contributed by atoms with van der Waals surface area (Å²) in [5.74, 6) is -0.0822. The fourth-order valence-corrected chi connectivity index (χ4v) is 3.57. The molecule has 126 valence electrons. The van der Waals surface area contributed by atoms with E-state index in [4.69, 9.17) is 0 Å². The van der Waals surface area contributed by atoms with E-state index < -0.39 is 11.6 Å². The molecule has 4 nitrogen and oxygen atoms in total. The molecule has 2 heterocycles. The summed E-state index contributed by atoms with van der Waals surface area (Å²) in [5, 5.41) is 8.72. The van der Waals surface area contributed by atoms with E-state index in [0.29, 0.717) is 12.1 Å². The molecular weight excluding hydrogens is 310 g/mol. The Kier molecular flexibility index (Phi) is 4.14. The number of aromatic nitrogens is 2. The van der Waals surface area contributed by atoms with Gasteiger partial charge in [-0.1, -0.05) is 0 Å². The lowest BCUT2D eigenvalue weighted by molar-refractivity contribution is 0.248. The molecule has 0 bridgehead atoms. The number of hydrogen-bond acceptors (Lipinski definition) is 4. The van der Waals surface area contributed by atoms with Crippen molar-refractivity contribution in [3.63, 3.8) is 0 Å². The van der Waals surface area contributed by atoms with E-state index in [9.17, 15) is 8.78 Å². The molecule has 1 fully saturated rings. The van der Waals surface area contributed by atoms with Crippen LogP contribution in [0.1, 0.15) is 23.2 Å². The van der Waals surface area contributed by atoms with Crippen molar-refractivity contribution < 1.29 is 8.78 Å². The van der Waals surface area contributed by atoms with E-state index in [2.05, 4.69) is 26.1 Å². The maximum atomic E-state index is 13.3. The minimum atomic E-state index is -0.517. The third-order valence-corrected chi connectivity index (χ3v) is 4.83. The van der Waals surface area contributed by atoms with E-state index in [1.165, 1.54) is 24.1 Å². The molecule has 0 saturated carbocycles. The van der Waals surface area contributed by atoms with Crippen LogP contribution < -0.4 is 4.90 Å². The first-order valence-electron chi connectivity index (χ1n) is 8.45. The van der Waals surface area contributed by atoms with E-state index in [1.807, 2.05) is 0 Å². The van der Waals surface area contributed by atoms with Crippen LogP contribution in [-0.4, -0.2) is 41.3 Å². The van der Waals surface area contributed by atoms with Crippen LogP contribution in [0.25, 0.3) is 0 Å². The largest absolute Gasteiger partial charge is 0.353 e. The van der Waals surface area contributed by atoms with E-state index >= 15 is 0 Å². The van der Waals surface area contributed by atoms with Crippen LogP contribution in [0.4, 0.5) is 14.6 Å². The molecule has 1 aromatic carbocycles. The van der Waals surface area contributed by atoms with Crippen molar-refractivity contribution in [1.29, 1.82) is 0 Å². The molecule has 24 heavy (non-hydrogen) atoms. The fraction of sp³-hybridized carbons (Fsp3) is 0.444. The molecule has 1 saturated heterocycles. The summed E-state index contributed by atoms with van der Waals surface area (Å²) in [7, 11) is 0. The van der Waals surface area contributed by atoms with Gasteiger partial charge >= 0.3 is 0 Å². The maximum Gasteiger partial charge on any atom is 0.151 e. The Labute approximate surface area is 140 Å². The second-order valence-corrected chi connectivity index (χ2v) is 6.57. The highest BCUT2D eigenvalue weighted by molar-refractivity contribution is 5.43. The molecule has 6 heteroatoms. The molecule has 0 unspecified atom stereocenters. The number of anilines is 1. The normalized spacial score (nSPS) is 18.0. The van der Waals surface area contributed by atoms with Crippen molar-refractivity contribution in [2.75, 3.05) is 31.1 Å². The minimum absolute atomic E-state index is 0.517. The lowest BCUT2D eigenvalue weighted by atomic mass is 10.2. The van der Waals surface area contributed by atoms with Gasteiger partial charge in [-0.3, -0.25) is 4.90 Å². The fourth-order valence-electron chi connectivity index (χ4n) is 3.57. The van der Waals surface area contributed by atoms with Gasteiger partial charge in [0.15, 0.2) is 5.82 Å². The first-order chi connectivity index (χ1) is 11.7. The molecule has 4 rings (SSSR count). The molecule has 0 amide bonds. The minimum Gasteiger partial charge on any atom is -0.353 e. The topological polar surface area (TPSA) is 32.3 Å². The lowest BCUT2D eigenvalue weighted by Gasteiger charge is -2.35. The number of rotatable bonds is 3. The smallest absolute Gasteiger partial charge is 0.151 e. The molecule has 0 radical (unpaired) electrons. The predicted octanol–water partition coefficient (Wildman–Crippen LogP) is 2.57. The van der Waals surface area contributed by atoms with Crippen molar-refractivity contribution in [3.8, 4) is 0 Å². The van der Waals surface area contributed by atoms with Crippen LogP contribution in [0.15, 0.2) is 24.3 Å². The Morgan fingerprint density at radius 1 is 0.875 bits per heavy atom. The summed E-state index contributed by atoms with van der Waals surface area (Å²) >= 11 is 0. The summed E-state index contributed by atoms with van der Waals surface area (Å²) in [6, 6.07) is 5.89. The molecular formula is C18H20F2N4. The molecule has 1 aliphatic carbocycles. The Bertz CT molecular complexity index is 722. The lowest BCUT2D eigenvalue weighted by Crippen LogP contribution is -2.46. The van der Waals surface area contributed by atoms with Gasteiger partial charge in [0, 0.05) is 38.8 Å². The van der Waals surface area contributed by atoms with Crippen molar-refractivity contribution in [3.05, 3.63) is 52.7 Å². The molecule has 1 aliphatic heterocycles. The van der Waals surface area contributed by atoms with Crippen LogP contribution >= 0.6 is 0 Å². The zero-order valence-corrected chi connectivity index (χ0v) is 13.5. The monoisotopic (exact) mass is 330 g/mol. The summed E-state index contributed by atoms with van der Waals surface area (Å²) in [5.41, 5.74) is 3.15. The standard InChI is InChI=1S/C18H20F2N4/c19-15-8-13(9-16(20)11-15)12-23-4-6-24(7-5-23)18-10-14-2-1-3-17(14)21-22-18/h8-11H,1-7,12H2. The van der Waals surface area contributed by atoms with Gasteiger partial charge in [-0.05, 0) is 48.6 Å². The van der Waals surface area contributed by atoms with Crippen molar-refractivity contribution in [1.82, 2.24) is 15.1 Å². The highest BCUT2D eigenvalue weighted by Gasteiger charge is 2.21. The number of hydrogen-bond donors (Lipinski definition) is 0. The SMILES string of the molecule is Fc1cc(F)cc(CN2CCN(c3cc4c(nn3)CCC4)CC2)c1. The second-order valence-electron chi connectivity index (χ2n) is 6.57. The molecule has 0 atom stereocenters. The maximum absolute atomic E-state index is 13.3. The molecule has 0 N–H and O–H groups in total. The molecule has 2 aromatic rings. The first kappa shape index (κ1) is 15.4. The van der Waals surface area contributed by atoms with Crippen LogP contribution in [0.2, 0.25) is 0 Å². The highest BCUT2D eigenvalue weighted by Crippen LogP contribution is 2.23. The average Bonchev–Trinajstić information content (AvgIpc) is 3.02. The van der Waals surface area contributed by atoms with E-state index in [-0.39, 0.29) is 0 Å². The van der Waals surface area contributed by atoms with Crippen LogP contribution in [0.5, 0.6) is 0 Å². The van der Waals surface area contributed by atoms with Gasteiger partial charge in [-0.2, -0.15) is 5.10 Å². The van der Waals surface area contributed by atoms with Gasteiger partial charge in [0.25, 0.3) is 0 Å². The zero-order chi connectivity index (χ0) is 16.5. The Hall–Kier alpha value is -2.08. The van der Waals surface area contributed by atoms with Crippen molar-refractivity contribution in [2.24, 2.45) is 0 Å². The van der Waals surface area contributed by atoms with Crippen molar-refractivity contribution >= 4 is 5.82 Å². The van der Waals surface area contributed by atoms with Gasteiger partial charge in [0.05, 0.1) is 5.69 Å². The number of fused-ring (bicyclic) bond motifs is 1. The third kappa shape index (κ3) is 3.24. The summed E-state index contributed by atoms with van der Waals surface area (Å²) in [6.07, 6.45) is 3.31. The zero-order valence-electron chi connectivity index (χ0n) is 13.5. The van der Waals surface area contributed by atoms with E-state index in [1.54, 1.807) is 0 Å². The molecule has 1 aromatic heterocycles. The second kappa shape index (κ2) is 6.43. The summed E-state index contributed by atoms with van der Waals surface area (Å²) in [4.78, 5) is 4.46. The third-order valence-electron chi connectivity index (χ3n) is 4.83. The van der Waals surface area contributed by atoms with Gasteiger partial charge in [0.2, 0.25) is 0 Å². The molecule has 2 aliphatic rings. The van der Waals surface area contributed by atoms with Gasteiger partial charge in [0.1, 0.15) is 11.6 Å². The number of aryl methyl sites for hydroxylation is 2. The highest BCUT2D eigenvalue weighted by atomic mass is 19.1. The quantitative estimate of drug-likeness (QED) is 0.866. The van der Waals surface area contributed by atoms with Gasteiger partial charge in [-0.15, -0.1) is 5.10 Å². The number of nitrogens with zero attached hydrogens (tertiary/aromatic N) is 4. The Balaban J connectivity index is 1.38. The van der Waals surface area contributed by atoms with E-state index in [0.717, 1.165) is 56.6 Å². The van der Waals surface area contributed by atoms with Gasteiger partial charge in [-0.25, -0.2) is 8.78 Å². The molecule has 0 spiro atoms. The number of halogens is 2. The summed E-state index contributed by atoms with van der Waals surface area (Å²) < 4.78 is 26.6.